The Labute approximate surface area is 157 Å². The highest BCUT2D eigenvalue weighted by molar-refractivity contribution is 5.97. The molecule has 0 fully saturated rings. The topological polar surface area (TPSA) is 47.8 Å². The van der Waals surface area contributed by atoms with E-state index < -0.39 is 0 Å². The zero-order valence-corrected chi connectivity index (χ0v) is 14.9. The minimum atomic E-state index is 0.0172. The molecule has 0 saturated carbocycles. The Morgan fingerprint density at radius 3 is 2.70 bits per heavy atom. The zero-order chi connectivity index (χ0) is 18.8. The summed E-state index contributed by atoms with van der Waals surface area (Å²) in [5.74, 6) is 3.47. The van der Waals surface area contributed by atoms with Crippen molar-refractivity contribution in [2.75, 3.05) is 0 Å². The molecule has 0 aliphatic heterocycles. The third-order valence-electron chi connectivity index (χ3n) is 4.49. The van der Waals surface area contributed by atoms with Crippen molar-refractivity contribution in [3.8, 4) is 29.2 Å². The number of pyridine rings is 1. The van der Waals surface area contributed by atoms with E-state index in [0.29, 0.717) is 12.0 Å². The van der Waals surface area contributed by atoms with E-state index in [0.717, 1.165) is 33.7 Å². The average Bonchev–Trinajstić information content (AvgIpc) is 3.06. The summed E-state index contributed by atoms with van der Waals surface area (Å²) >= 11 is 0. The maximum absolute atomic E-state index is 11.7. The summed E-state index contributed by atoms with van der Waals surface area (Å²) in [7, 11) is 0. The number of fused-ring (bicyclic) bond motifs is 1. The maximum atomic E-state index is 11.7. The van der Waals surface area contributed by atoms with E-state index >= 15 is 0 Å². The second-order valence-electron chi connectivity index (χ2n) is 6.30. The predicted molar refractivity (Wildman–Crippen MR) is 107 cm³/mol. The lowest BCUT2D eigenvalue weighted by molar-refractivity contribution is 0.101. The first-order chi connectivity index (χ1) is 13.2. The fourth-order valence-corrected chi connectivity index (χ4v) is 3.21. The van der Waals surface area contributed by atoms with Crippen molar-refractivity contribution >= 4 is 16.8 Å². The molecule has 4 heteroatoms. The molecular formula is C23H17N3O. The van der Waals surface area contributed by atoms with Gasteiger partial charge in [0, 0.05) is 29.2 Å². The number of carbonyl (C=O) groups is 1. The summed E-state index contributed by atoms with van der Waals surface area (Å²) in [4.78, 5) is 20.6. The van der Waals surface area contributed by atoms with Gasteiger partial charge in [-0.3, -0.25) is 14.3 Å². The minimum Gasteiger partial charge on any atom is -0.295 e. The number of hydrogen-bond donors (Lipinski definition) is 0. The number of benzene rings is 2. The molecule has 0 atom stereocenters. The summed E-state index contributed by atoms with van der Waals surface area (Å²) in [6.07, 6.45) is 9.56. The Hall–Kier alpha value is -3.71. The predicted octanol–water partition coefficient (Wildman–Crippen LogP) is 4.47. The van der Waals surface area contributed by atoms with Crippen molar-refractivity contribution in [2.24, 2.45) is 0 Å². The van der Waals surface area contributed by atoms with E-state index in [1.165, 1.54) is 0 Å². The lowest BCUT2D eigenvalue weighted by Gasteiger charge is -2.10. The molecule has 0 aliphatic rings. The molecule has 0 amide bonds. The number of hydrogen-bond acceptors (Lipinski definition) is 3. The lowest BCUT2D eigenvalue weighted by Crippen LogP contribution is -2.01. The van der Waals surface area contributed by atoms with Crippen molar-refractivity contribution in [1.82, 2.24) is 14.5 Å². The van der Waals surface area contributed by atoms with Gasteiger partial charge >= 0.3 is 0 Å². The number of rotatable bonds is 4. The lowest BCUT2D eigenvalue weighted by atomic mass is 10.1. The fourth-order valence-electron chi connectivity index (χ4n) is 3.21. The Bertz CT molecular complexity index is 1180. The van der Waals surface area contributed by atoms with Crippen LogP contribution in [0.2, 0.25) is 0 Å². The quantitative estimate of drug-likeness (QED) is 0.403. The van der Waals surface area contributed by atoms with Crippen LogP contribution in [0.15, 0.2) is 67.0 Å². The number of aromatic nitrogens is 3. The molecule has 0 aliphatic carbocycles. The monoisotopic (exact) mass is 351 g/mol. The van der Waals surface area contributed by atoms with Crippen LogP contribution in [0.25, 0.3) is 27.8 Å². The Balaban J connectivity index is 1.91. The fraction of sp³-hybridized carbons (Fsp3) is 0.0870. The summed E-state index contributed by atoms with van der Waals surface area (Å²) in [6.45, 7) is 1.55. The molecule has 2 aromatic carbocycles. The smallest absolute Gasteiger partial charge is 0.159 e. The number of imidazole rings is 1. The molecule has 130 valence electrons. The van der Waals surface area contributed by atoms with E-state index in [1.807, 2.05) is 54.7 Å². The van der Waals surface area contributed by atoms with Gasteiger partial charge in [-0.2, -0.15) is 0 Å². The third kappa shape index (κ3) is 3.11. The summed E-state index contributed by atoms with van der Waals surface area (Å²) in [6, 6.07) is 17.7. The highest BCUT2D eigenvalue weighted by Gasteiger charge is 2.14. The van der Waals surface area contributed by atoms with Crippen LogP contribution in [0.4, 0.5) is 0 Å². The third-order valence-corrected chi connectivity index (χ3v) is 4.49. The van der Waals surface area contributed by atoms with Gasteiger partial charge in [-0.1, -0.05) is 24.1 Å². The largest absolute Gasteiger partial charge is 0.295 e. The van der Waals surface area contributed by atoms with E-state index in [4.69, 9.17) is 6.42 Å². The first-order valence-corrected chi connectivity index (χ1v) is 8.64. The normalized spacial score (nSPS) is 10.7. The molecule has 0 radical (unpaired) electrons. The van der Waals surface area contributed by atoms with Crippen LogP contribution in [0, 0.1) is 12.3 Å². The molecule has 27 heavy (non-hydrogen) atoms. The van der Waals surface area contributed by atoms with Gasteiger partial charge < -0.3 is 0 Å². The van der Waals surface area contributed by atoms with Crippen molar-refractivity contribution in [1.29, 1.82) is 0 Å². The molecule has 4 nitrogen and oxygen atoms in total. The van der Waals surface area contributed by atoms with Crippen LogP contribution in [0.3, 0.4) is 0 Å². The van der Waals surface area contributed by atoms with Gasteiger partial charge in [0.2, 0.25) is 0 Å². The Morgan fingerprint density at radius 2 is 1.96 bits per heavy atom. The van der Waals surface area contributed by atoms with E-state index in [2.05, 4.69) is 26.5 Å². The van der Waals surface area contributed by atoms with Gasteiger partial charge in [0.25, 0.3) is 0 Å². The molecule has 2 aromatic heterocycles. The van der Waals surface area contributed by atoms with Crippen LogP contribution in [-0.4, -0.2) is 20.3 Å². The van der Waals surface area contributed by atoms with Gasteiger partial charge in [0.15, 0.2) is 5.78 Å². The summed E-state index contributed by atoms with van der Waals surface area (Å²) in [5.41, 5.74) is 5.41. The number of Topliss-reactive ketones (excluding diaryl/α,β-unsaturated/α-hetero) is 1. The van der Waals surface area contributed by atoms with Crippen molar-refractivity contribution in [3.05, 3.63) is 78.4 Å². The number of terminal acetylenes is 1. The average molecular weight is 351 g/mol. The van der Waals surface area contributed by atoms with E-state index in [1.54, 1.807) is 13.1 Å². The molecule has 4 aromatic rings. The van der Waals surface area contributed by atoms with Crippen LogP contribution < -0.4 is 0 Å². The van der Waals surface area contributed by atoms with Crippen molar-refractivity contribution in [3.63, 3.8) is 0 Å². The van der Waals surface area contributed by atoms with Gasteiger partial charge in [-0.25, -0.2) is 4.98 Å². The molecular weight excluding hydrogens is 334 g/mol. The Kier molecular flexibility index (Phi) is 4.27. The van der Waals surface area contributed by atoms with E-state index in [9.17, 15) is 4.79 Å². The van der Waals surface area contributed by atoms with Crippen LogP contribution in [0.5, 0.6) is 0 Å². The van der Waals surface area contributed by atoms with Gasteiger partial charge in [-0.05, 0) is 48.9 Å². The first kappa shape index (κ1) is 16.7. The van der Waals surface area contributed by atoms with Gasteiger partial charge in [0.05, 0.1) is 17.5 Å². The number of carbonyl (C=O) groups excluding carboxylic acids is 1. The highest BCUT2D eigenvalue weighted by Crippen LogP contribution is 2.26. The zero-order valence-electron chi connectivity index (χ0n) is 14.9. The molecule has 0 spiro atoms. The van der Waals surface area contributed by atoms with Crippen molar-refractivity contribution in [2.45, 2.75) is 13.3 Å². The molecule has 0 unspecified atom stereocenters. The maximum Gasteiger partial charge on any atom is 0.159 e. The minimum absolute atomic E-state index is 0.0172. The van der Waals surface area contributed by atoms with Gasteiger partial charge in [-0.15, -0.1) is 6.42 Å². The van der Waals surface area contributed by atoms with Gasteiger partial charge in [0.1, 0.15) is 5.82 Å². The molecule has 0 bridgehead atoms. The highest BCUT2D eigenvalue weighted by atomic mass is 16.1. The van der Waals surface area contributed by atoms with E-state index in [-0.39, 0.29) is 5.78 Å². The number of ketones is 1. The summed E-state index contributed by atoms with van der Waals surface area (Å²) in [5, 5.41) is 0. The number of nitrogens with zero attached hydrogens (tertiary/aromatic N) is 3. The second-order valence-corrected chi connectivity index (χ2v) is 6.30. The Morgan fingerprint density at radius 1 is 1.11 bits per heavy atom. The summed E-state index contributed by atoms with van der Waals surface area (Å²) < 4.78 is 2.05. The van der Waals surface area contributed by atoms with Crippen molar-refractivity contribution < 1.29 is 4.79 Å². The van der Waals surface area contributed by atoms with Crippen LogP contribution >= 0.6 is 0 Å². The molecule has 0 N–H and O–H groups in total. The SMILES string of the molecule is C#CCc1nc2cc(C(C)=O)ccc2n1-c1cccc(-c2cccnc2)c1. The first-order valence-electron chi connectivity index (χ1n) is 8.64. The standard InChI is InChI=1S/C23H17N3O/c1-3-6-23-25-21-14-17(16(2)27)10-11-22(21)26(23)20-9-4-7-18(13-20)19-8-5-12-24-15-19/h1,4-5,7-15H,6H2,2H3. The second kappa shape index (κ2) is 6.89. The van der Waals surface area contributed by atoms with Crippen LogP contribution in [-0.2, 0) is 6.42 Å². The molecule has 0 saturated heterocycles. The molecule has 4 rings (SSSR count). The van der Waals surface area contributed by atoms with Crippen LogP contribution in [0.1, 0.15) is 23.1 Å². The molecule has 2 heterocycles.